The topological polar surface area (TPSA) is 93.4 Å². The van der Waals surface area contributed by atoms with Crippen molar-refractivity contribution in [3.8, 4) is 11.8 Å². The minimum Gasteiger partial charge on any atom is -0.497 e. The van der Waals surface area contributed by atoms with Gasteiger partial charge in [-0.1, -0.05) is 6.92 Å². The Labute approximate surface area is 176 Å². The summed E-state index contributed by atoms with van der Waals surface area (Å²) in [5, 5.41) is 12.1. The number of anilines is 1. The first-order chi connectivity index (χ1) is 14.3. The van der Waals surface area contributed by atoms with Crippen LogP contribution < -0.4 is 10.1 Å². The molecule has 1 aromatic carbocycles. The van der Waals surface area contributed by atoms with E-state index in [0.717, 1.165) is 29.9 Å². The van der Waals surface area contributed by atoms with Gasteiger partial charge in [0.1, 0.15) is 17.4 Å². The normalized spacial score (nSPS) is 12.1. The number of benzene rings is 1. The molecular formula is C23H27N3O4. The zero-order valence-corrected chi connectivity index (χ0v) is 18.0. The number of nitriles is 1. The van der Waals surface area contributed by atoms with Crippen molar-refractivity contribution in [2.24, 2.45) is 0 Å². The molecule has 0 fully saturated rings. The molecule has 1 amide bonds. The molecule has 30 heavy (non-hydrogen) atoms. The van der Waals surface area contributed by atoms with E-state index in [4.69, 9.17) is 9.47 Å². The maximum atomic E-state index is 12.4. The van der Waals surface area contributed by atoms with Crippen LogP contribution in [0.5, 0.6) is 5.75 Å². The van der Waals surface area contributed by atoms with Gasteiger partial charge in [-0.15, -0.1) is 0 Å². The van der Waals surface area contributed by atoms with Gasteiger partial charge in [0.15, 0.2) is 6.10 Å². The lowest BCUT2D eigenvalue weighted by Gasteiger charge is -2.13. The molecule has 1 aromatic heterocycles. The Kier molecular flexibility index (Phi) is 7.82. The third-order valence-electron chi connectivity index (χ3n) is 4.71. The summed E-state index contributed by atoms with van der Waals surface area (Å²) < 4.78 is 12.4. The maximum Gasteiger partial charge on any atom is 0.349 e. The van der Waals surface area contributed by atoms with Crippen molar-refractivity contribution >= 4 is 23.6 Å². The summed E-state index contributed by atoms with van der Waals surface area (Å²) in [6.07, 6.45) is 1.42. The molecular weight excluding hydrogens is 382 g/mol. The minimum absolute atomic E-state index is 0.157. The number of amides is 1. The van der Waals surface area contributed by atoms with Crippen molar-refractivity contribution in [1.82, 2.24) is 4.57 Å². The fourth-order valence-corrected chi connectivity index (χ4v) is 3.03. The molecule has 0 aliphatic heterocycles. The van der Waals surface area contributed by atoms with Crippen LogP contribution in [0.4, 0.5) is 5.69 Å². The van der Waals surface area contributed by atoms with E-state index in [1.807, 2.05) is 26.0 Å². The van der Waals surface area contributed by atoms with Gasteiger partial charge in [0.2, 0.25) is 0 Å². The van der Waals surface area contributed by atoms with Crippen LogP contribution in [0.15, 0.2) is 35.9 Å². The van der Waals surface area contributed by atoms with Gasteiger partial charge in [0.25, 0.3) is 5.91 Å². The second-order valence-corrected chi connectivity index (χ2v) is 6.91. The van der Waals surface area contributed by atoms with Crippen molar-refractivity contribution in [2.45, 2.75) is 46.8 Å². The number of hydrogen-bond acceptors (Lipinski definition) is 5. The first-order valence-electron chi connectivity index (χ1n) is 9.75. The molecule has 7 heteroatoms. The Balaban J connectivity index is 2.08. The molecule has 1 atom stereocenters. The Morgan fingerprint density at radius 2 is 1.93 bits per heavy atom. The van der Waals surface area contributed by atoms with E-state index in [9.17, 15) is 14.9 Å². The smallest absolute Gasteiger partial charge is 0.349 e. The molecule has 2 aromatic rings. The molecule has 2 rings (SSSR count). The number of carbonyl (C=O) groups is 2. The summed E-state index contributed by atoms with van der Waals surface area (Å²) in [6.45, 7) is 8.33. The van der Waals surface area contributed by atoms with Crippen molar-refractivity contribution in [3.63, 3.8) is 0 Å². The lowest BCUT2D eigenvalue weighted by Crippen LogP contribution is -2.30. The minimum atomic E-state index is -1.07. The molecule has 0 aliphatic rings. The van der Waals surface area contributed by atoms with E-state index >= 15 is 0 Å². The van der Waals surface area contributed by atoms with Crippen LogP contribution >= 0.6 is 0 Å². The van der Waals surface area contributed by atoms with Gasteiger partial charge in [-0.3, -0.25) is 4.79 Å². The average Bonchev–Trinajstić information content (AvgIpc) is 3.00. The van der Waals surface area contributed by atoms with Gasteiger partial charge < -0.3 is 19.4 Å². The molecule has 7 nitrogen and oxygen atoms in total. The number of methoxy groups -OCH3 is 1. The van der Waals surface area contributed by atoms with E-state index in [-0.39, 0.29) is 5.57 Å². The van der Waals surface area contributed by atoms with Crippen LogP contribution in [0, 0.1) is 25.2 Å². The molecule has 0 spiro atoms. The van der Waals surface area contributed by atoms with E-state index in [1.165, 1.54) is 13.0 Å². The zero-order valence-electron chi connectivity index (χ0n) is 18.0. The summed E-state index contributed by atoms with van der Waals surface area (Å²) >= 11 is 0. The SMILES string of the molecule is CCCn1c(C)cc(/C=C(\C#N)C(=O)O[C@H](C)C(=O)Nc2ccc(OC)cc2)c1C. The van der Waals surface area contributed by atoms with Gasteiger partial charge in [-0.2, -0.15) is 5.26 Å². The number of ether oxygens (including phenoxy) is 2. The number of nitrogens with one attached hydrogen (secondary N) is 1. The lowest BCUT2D eigenvalue weighted by molar-refractivity contribution is -0.148. The fourth-order valence-electron chi connectivity index (χ4n) is 3.03. The van der Waals surface area contributed by atoms with Crippen molar-refractivity contribution in [3.05, 3.63) is 52.9 Å². The molecule has 0 radical (unpaired) electrons. The molecule has 0 bridgehead atoms. The van der Waals surface area contributed by atoms with Crippen molar-refractivity contribution < 1.29 is 19.1 Å². The molecule has 1 N–H and O–H groups in total. The number of rotatable bonds is 8. The highest BCUT2D eigenvalue weighted by Crippen LogP contribution is 2.20. The van der Waals surface area contributed by atoms with Crippen LogP contribution in [-0.4, -0.2) is 29.7 Å². The largest absolute Gasteiger partial charge is 0.497 e. The van der Waals surface area contributed by atoms with Crippen LogP contribution in [0.3, 0.4) is 0 Å². The van der Waals surface area contributed by atoms with Crippen LogP contribution in [0.1, 0.15) is 37.2 Å². The summed E-state index contributed by atoms with van der Waals surface area (Å²) in [4.78, 5) is 24.8. The molecule has 0 saturated carbocycles. The average molecular weight is 409 g/mol. The summed E-state index contributed by atoms with van der Waals surface area (Å²) in [6, 6.07) is 10.6. The Hall–Kier alpha value is -3.53. The maximum absolute atomic E-state index is 12.4. The third kappa shape index (κ3) is 5.51. The van der Waals surface area contributed by atoms with Crippen LogP contribution in [0.2, 0.25) is 0 Å². The zero-order chi connectivity index (χ0) is 22.3. The highest BCUT2D eigenvalue weighted by atomic mass is 16.5. The third-order valence-corrected chi connectivity index (χ3v) is 4.71. The molecule has 158 valence electrons. The molecule has 0 saturated heterocycles. The Morgan fingerprint density at radius 3 is 2.50 bits per heavy atom. The first-order valence-corrected chi connectivity index (χ1v) is 9.75. The highest BCUT2D eigenvalue weighted by Gasteiger charge is 2.21. The predicted octanol–water partition coefficient (Wildman–Crippen LogP) is 4.00. The highest BCUT2D eigenvalue weighted by molar-refractivity contribution is 6.01. The standard InChI is InChI=1S/C23H27N3O4/c1-6-11-26-15(2)12-18(16(26)3)13-19(14-24)23(28)30-17(4)22(27)25-20-7-9-21(29-5)10-8-20/h7-10,12-13,17H,6,11H2,1-5H3,(H,25,27)/b19-13+/t17-/m1/s1. The molecule has 0 aliphatic carbocycles. The summed E-state index contributed by atoms with van der Waals surface area (Å²) in [5.74, 6) is -0.670. The van der Waals surface area contributed by atoms with E-state index in [2.05, 4.69) is 16.8 Å². The Bertz CT molecular complexity index is 981. The van der Waals surface area contributed by atoms with E-state index in [0.29, 0.717) is 11.4 Å². The van der Waals surface area contributed by atoms with E-state index < -0.39 is 18.0 Å². The lowest BCUT2D eigenvalue weighted by atomic mass is 10.1. The number of carbonyl (C=O) groups excluding carboxylic acids is 2. The first kappa shape index (κ1) is 22.8. The van der Waals surface area contributed by atoms with Crippen molar-refractivity contribution in [2.75, 3.05) is 12.4 Å². The fraction of sp³-hybridized carbons (Fsp3) is 0.348. The second kappa shape index (κ2) is 10.3. The number of esters is 1. The van der Waals surface area contributed by atoms with Crippen LogP contribution in [0.25, 0.3) is 6.08 Å². The second-order valence-electron chi connectivity index (χ2n) is 6.91. The quantitative estimate of drug-likeness (QED) is 0.404. The van der Waals surface area contributed by atoms with E-state index in [1.54, 1.807) is 31.4 Å². The predicted molar refractivity (Wildman–Crippen MR) is 115 cm³/mol. The van der Waals surface area contributed by atoms with Gasteiger partial charge in [-0.05, 0) is 69.2 Å². The summed E-state index contributed by atoms with van der Waals surface area (Å²) in [7, 11) is 1.55. The van der Waals surface area contributed by atoms with Gasteiger partial charge in [-0.25, -0.2) is 4.79 Å². The number of nitrogens with zero attached hydrogens (tertiary/aromatic N) is 2. The van der Waals surface area contributed by atoms with Crippen molar-refractivity contribution in [1.29, 1.82) is 5.26 Å². The molecule has 1 heterocycles. The molecule has 0 unspecified atom stereocenters. The number of hydrogen-bond donors (Lipinski definition) is 1. The Morgan fingerprint density at radius 1 is 1.27 bits per heavy atom. The van der Waals surface area contributed by atoms with Gasteiger partial charge >= 0.3 is 5.97 Å². The van der Waals surface area contributed by atoms with Gasteiger partial charge in [0.05, 0.1) is 7.11 Å². The monoisotopic (exact) mass is 409 g/mol. The van der Waals surface area contributed by atoms with Crippen LogP contribution in [-0.2, 0) is 20.9 Å². The van der Waals surface area contributed by atoms with Gasteiger partial charge in [0, 0.05) is 23.6 Å². The number of aromatic nitrogens is 1. The summed E-state index contributed by atoms with van der Waals surface area (Å²) in [5.41, 5.74) is 3.20. The number of aryl methyl sites for hydroxylation is 1.